The number of pyridine rings is 1. The standard InChI is InChI=1S/C23H33N3O/c1-3-4-5-6-7-8-9-10-16-25-23-21(15-12-17-26-23)22(24)19-13-11-14-20(18-19)27-2/h11-15,17-18,24H,3-10,16H2,1-2H3,(H,25,26). The highest BCUT2D eigenvalue weighted by atomic mass is 16.5. The van der Waals surface area contributed by atoms with Crippen LogP contribution in [0.4, 0.5) is 5.82 Å². The Morgan fingerprint density at radius 3 is 2.48 bits per heavy atom. The summed E-state index contributed by atoms with van der Waals surface area (Å²) >= 11 is 0. The molecular weight excluding hydrogens is 334 g/mol. The lowest BCUT2D eigenvalue weighted by Crippen LogP contribution is -2.10. The quantitative estimate of drug-likeness (QED) is 0.334. The molecule has 0 aliphatic carbocycles. The summed E-state index contributed by atoms with van der Waals surface area (Å²) in [5.74, 6) is 1.54. The molecule has 0 atom stereocenters. The van der Waals surface area contributed by atoms with E-state index in [2.05, 4.69) is 17.2 Å². The minimum atomic E-state index is 0.459. The van der Waals surface area contributed by atoms with Crippen molar-refractivity contribution >= 4 is 11.5 Å². The van der Waals surface area contributed by atoms with Gasteiger partial charge in [-0.05, 0) is 30.7 Å². The maximum absolute atomic E-state index is 8.57. The summed E-state index contributed by atoms with van der Waals surface area (Å²) < 4.78 is 5.28. The van der Waals surface area contributed by atoms with Crippen molar-refractivity contribution in [2.24, 2.45) is 0 Å². The zero-order valence-corrected chi connectivity index (χ0v) is 16.8. The van der Waals surface area contributed by atoms with E-state index >= 15 is 0 Å². The molecule has 0 fully saturated rings. The van der Waals surface area contributed by atoms with Gasteiger partial charge in [0.2, 0.25) is 0 Å². The number of anilines is 1. The summed E-state index contributed by atoms with van der Waals surface area (Å²) in [6.45, 7) is 3.15. The Labute approximate surface area is 163 Å². The van der Waals surface area contributed by atoms with Crippen LogP contribution in [0.3, 0.4) is 0 Å². The van der Waals surface area contributed by atoms with E-state index in [1.54, 1.807) is 13.3 Å². The molecule has 0 amide bonds. The molecule has 2 aromatic rings. The molecular formula is C23H33N3O. The first kappa shape index (κ1) is 20.9. The van der Waals surface area contributed by atoms with E-state index in [1.807, 2.05) is 36.4 Å². The number of unbranched alkanes of at least 4 members (excludes halogenated alkanes) is 7. The molecule has 0 saturated carbocycles. The summed E-state index contributed by atoms with van der Waals surface area (Å²) in [4.78, 5) is 4.45. The number of hydrogen-bond donors (Lipinski definition) is 2. The lowest BCUT2D eigenvalue weighted by atomic mass is 10.0. The predicted octanol–water partition coefficient (Wildman–Crippen LogP) is 6.06. The van der Waals surface area contributed by atoms with Crippen molar-refractivity contribution in [2.75, 3.05) is 19.0 Å². The van der Waals surface area contributed by atoms with Crippen molar-refractivity contribution < 1.29 is 4.74 Å². The number of ether oxygens (including phenoxy) is 1. The third-order valence-corrected chi connectivity index (χ3v) is 4.76. The Morgan fingerprint density at radius 2 is 1.74 bits per heavy atom. The highest BCUT2D eigenvalue weighted by Crippen LogP contribution is 2.20. The molecule has 1 heterocycles. The van der Waals surface area contributed by atoms with Gasteiger partial charge in [-0.2, -0.15) is 0 Å². The predicted molar refractivity (Wildman–Crippen MR) is 114 cm³/mol. The number of nitrogens with one attached hydrogen (secondary N) is 2. The topological polar surface area (TPSA) is 58.0 Å². The van der Waals surface area contributed by atoms with Gasteiger partial charge in [-0.1, -0.05) is 64.0 Å². The molecule has 0 aliphatic heterocycles. The van der Waals surface area contributed by atoms with Crippen LogP contribution >= 0.6 is 0 Å². The average Bonchev–Trinajstić information content (AvgIpc) is 2.72. The molecule has 0 aliphatic rings. The highest BCUT2D eigenvalue weighted by Gasteiger charge is 2.11. The minimum absolute atomic E-state index is 0.459. The average molecular weight is 368 g/mol. The Balaban J connectivity index is 1.84. The zero-order chi connectivity index (χ0) is 19.3. The van der Waals surface area contributed by atoms with Crippen LogP contribution in [0.15, 0.2) is 42.6 Å². The van der Waals surface area contributed by atoms with Crippen molar-refractivity contribution in [3.63, 3.8) is 0 Å². The Hall–Kier alpha value is -2.36. The fourth-order valence-corrected chi connectivity index (χ4v) is 3.15. The van der Waals surface area contributed by atoms with Gasteiger partial charge < -0.3 is 10.1 Å². The fraction of sp³-hybridized carbons (Fsp3) is 0.478. The molecule has 0 saturated heterocycles. The summed E-state index contributed by atoms with van der Waals surface area (Å²) in [6.07, 6.45) is 12.2. The van der Waals surface area contributed by atoms with E-state index in [0.29, 0.717) is 5.71 Å². The number of aromatic nitrogens is 1. The molecule has 4 nitrogen and oxygen atoms in total. The second-order valence-electron chi connectivity index (χ2n) is 6.91. The van der Waals surface area contributed by atoms with Crippen LogP contribution in [-0.2, 0) is 0 Å². The first-order chi connectivity index (χ1) is 13.3. The molecule has 0 radical (unpaired) electrons. The number of methoxy groups -OCH3 is 1. The monoisotopic (exact) mass is 367 g/mol. The van der Waals surface area contributed by atoms with Gasteiger partial charge in [-0.15, -0.1) is 0 Å². The van der Waals surface area contributed by atoms with Gasteiger partial charge in [0.15, 0.2) is 0 Å². The van der Waals surface area contributed by atoms with Crippen molar-refractivity contribution in [1.29, 1.82) is 5.41 Å². The smallest absolute Gasteiger partial charge is 0.135 e. The summed E-state index contributed by atoms with van der Waals surface area (Å²) in [5.41, 5.74) is 2.11. The third-order valence-electron chi connectivity index (χ3n) is 4.76. The summed E-state index contributed by atoms with van der Waals surface area (Å²) in [5, 5.41) is 12.0. The van der Waals surface area contributed by atoms with Crippen molar-refractivity contribution in [2.45, 2.75) is 58.3 Å². The molecule has 0 bridgehead atoms. The molecule has 1 aromatic heterocycles. The number of nitrogens with zero attached hydrogens (tertiary/aromatic N) is 1. The van der Waals surface area contributed by atoms with Crippen LogP contribution < -0.4 is 10.1 Å². The molecule has 4 heteroatoms. The SMILES string of the molecule is CCCCCCCCCCNc1ncccc1C(=N)c1cccc(OC)c1. The minimum Gasteiger partial charge on any atom is -0.497 e. The van der Waals surface area contributed by atoms with Crippen LogP contribution in [0.25, 0.3) is 0 Å². The second-order valence-corrected chi connectivity index (χ2v) is 6.91. The second kappa shape index (κ2) is 12.1. The van der Waals surface area contributed by atoms with Crippen molar-refractivity contribution in [1.82, 2.24) is 4.98 Å². The molecule has 2 N–H and O–H groups in total. The number of hydrogen-bond acceptors (Lipinski definition) is 4. The highest BCUT2D eigenvalue weighted by molar-refractivity contribution is 6.13. The Kier molecular flexibility index (Phi) is 9.39. The van der Waals surface area contributed by atoms with E-state index in [9.17, 15) is 0 Å². The van der Waals surface area contributed by atoms with Crippen LogP contribution in [0.2, 0.25) is 0 Å². The van der Waals surface area contributed by atoms with Gasteiger partial charge in [0.05, 0.1) is 12.8 Å². The molecule has 1 aromatic carbocycles. The molecule has 146 valence electrons. The summed E-state index contributed by atoms with van der Waals surface area (Å²) in [6, 6.07) is 11.4. The van der Waals surface area contributed by atoms with Crippen LogP contribution in [0.1, 0.15) is 69.4 Å². The molecule has 27 heavy (non-hydrogen) atoms. The van der Waals surface area contributed by atoms with Crippen LogP contribution in [0, 0.1) is 5.41 Å². The van der Waals surface area contributed by atoms with Gasteiger partial charge in [-0.3, -0.25) is 5.41 Å². The Morgan fingerprint density at radius 1 is 1.00 bits per heavy atom. The lowest BCUT2D eigenvalue weighted by molar-refractivity contribution is 0.414. The fourth-order valence-electron chi connectivity index (χ4n) is 3.15. The Bertz CT molecular complexity index is 700. The molecule has 2 rings (SSSR count). The maximum Gasteiger partial charge on any atom is 0.135 e. The van der Waals surface area contributed by atoms with Crippen molar-refractivity contribution in [3.05, 3.63) is 53.7 Å². The molecule has 0 spiro atoms. The number of benzene rings is 1. The molecule has 0 unspecified atom stereocenters. The van der Waals surface area contributed by atoms with E-state index in [1.165, 1.54) is 44.9 Å². The van der Waals surface area contributed by atoms with E-state index in [4.69, 9.17) is 10.1 Å². The van der Waals surface area contributed by atoms with Gasteiger partial charge in [0.25, 0.3) is 0 Å². The largest absolute Gasteiger partial charge is 0.497 e. The van der Waals surface area contributed by atoms with Gasteiger partial charge in [0.1, 0.15) is 11.6 Å². The first-order valence-electron chi connectivity index (χ1n) is 10.2. The van der Waals surface area contributed by atoms with E-state index < -0.39 is 0 Å². The summed E-state index contributed by atoms with van der Waals surface area (Å²) in [7, 11) is 1.64. The zero-order valence-electron chi connectivity index (χ0n) is 16.8. The third kappa shape index (κ3) is 7.05. The normalized spacial score (nSPS) is 10.6. The lowest BCUT2D eigenvalue weighted by Gasteiger charge is -2.12. The van der Waals surface area contributed by atoms with Crippen molar-refractivity contribution in [3.8, 4) is 5.75 Å². The van der Waals surface area contributed by atoms with Gasteiger partial charge in [0, 0.05) is 23.9 Å². The van der Waals surface area contributed by atoms with Gasteiger partial charge in [-0.25, -0.2) is 4.98 Å². The van der Waals surface area contributed by atoms with Crippen LogP contribution in [-0.4, -0.2) is 24.4 Å². The van der Waals surface area contributed by atoms with E-state index in [0.717, 1.165) is 35.7 Å². The number of rotatable bonds is 13. The van der Waals surface area contributed by atoms with Gasteiger partial charge >= 0.3 is 0 Å². The van der Waals surface area contributed by atoms with E-state index in [-0.39, 0.29) is 0 Å². The van der Waals surface area contributed by atoms with Crippen LogP contribution in [0.5, 0.6) is 5.75 Å². The maximum atomic E-state index is 8.57. The first-order valence-corrected chi connectivity index (χ1v) is 10.2.